The Morgan fingerprint density at radius 3 is 2.95 bits per heavy atom. The molecule has 0 amide bonds. The van der Waals surface area contributed by atoms with Crippen LogP contribution in [-0.2, 0) is 19.0 Å². The zero-order valence-corrected chi connectivity index (χ0v) is 12.9. The molecule has 5 heteroatoms. The van der Waals surface area contributed by atoms with Gasteiger partial charge in [-0.2, -0.15) is 0 Å². The quantitative estimate of drug-likeness (QED) is 0.419. The van der Waals surface area contributed by atoms with Crippen molar-refractivity contribution in [1.29, 1.82) is 0 Å². The van der Waals surface area contributed by atoms with Crippen molar-refractivity contribution in [3.63, 3.8) is 0 Å². The van der Waals surface area contributed by atoms with E-state index >= 15 is 0 Å². The van der Waals surface area contributed by atoms with Crippen LogP contribution in [0.25, 0.3) is 0 Å². The van der Waals surface area contributed by atoms with E-state index < -0.39 is 12.3 Å². The molecule has 1 saturated heterocycles. The molecular formula is C17H23NO4. The minimum absolute atomic E-state index is 0.0272. The maximum absolute atomic E-state index is 11.2. The lowest BCUT2D eigenvalue weighted by Crippen LogP contribution is -2.30. The molecule has 1 aliphatic rings. The molecule has 1 heterocycles. The molecule has 2 rings (SSSR count). The smallest absolute Gasteiger partial charge is 0.332 e. The molecule has 1 aromatic carbocycles. The summed E-state index contributed by atoms with van der Waals surface area (Å²) in [6.45, 7) is 8.07. The van der Waals surface area contributed by atoms with Gasteiger partial charge in [-0.15, -0.1) is 0 Å². The van der Waals surface area contributed by atoms with Crippen molar-refractivity contribution in [1.82, 2.24) is 4.90 Å². The molecule has 2 atom stereocenters. The zero-order valence-electron chi connectivity index (χ0n) is 12.9. The Balaban J connectivity index is 1.80. The average Bonchev–Trinajstić information content (AvgIpc) is 3.03. The van der Waals surface area contributed by atoms with Crippen molar-refractivity contribution >= 4 is 5.97 Å². The van der Waals surface area contributed by atoms with Gasteiger partial charge in [0.15, 0.2) is 0 Å². The third-order valence-corrected chi connectivity index (χ3v) is 3.50. The van der Waals surface area contributed by atoms with E-state index in [-0.39, 0.29) is 6.23 Å². The summed E-state index contributed by atoms with van der Waals surface area (Å²) in [4.78, 5) is 13.4. The van der Waals surface area contributed by atoms with E-state index in [0.717, 1.165) is 24.7 Å². The van der Waals surface area contributed by atoms with Crippen molar-refractivity contribution in [3.8, 4) is 0 Å². The van der Waals surface area contributed by atoms with Crippen LogP contribution in [-0.4, -0.2) is 43.5 Å². The van der Waals surface area contributed by atoms with Gasteiger partial charge in [-0.1, -0.05) is 43.8 Å². The first-order valence-electron chi connectivity index (χ1n) is 7.59. The number of esters is 1. The third-order valence-electron chi connectivity index (χ3n) is 3.50. The molecule has 1 aromatic rings. The highest BCUT2D eigenvalue weighted by Gasteiger charge is 2.26. The van der Waals surface area contributed by atoms with Crippen LogP contribution in [0, 0.1) is 0 Å². The fraction of sp³-hybridized carbons (Fsp3) is 0.471. The zero-order chi connectivity index (χ0) is 15.8. The Kier molecular flexibility index (Phi) is 6.58. The van der Waals surface area contributed by atoms with Crippen LogP contribution >= 0.6 is 0 Å². The predicted molar refractivity (Wildman–Crippen MR) is 83.0 cm³/mol. The van der Waals surface area contributed by atoms with Gasteiger partial charge in [0.2, 0.25) is 6.29 Å². The molecular weight excluding hydrogens is 282 g/mol. The van der Waals surface area contributed by atoms with Crippen molar-refractivity contribution in [2.24, 2.45) is 0 Å². The Bertz CT molecular complexity index is 477. The van der Waals surface area contributed by atoms with E-state index in [1.165, 1.54) is 0 Å². The lowest BCUT2D eigenvalue weighted by Gasteiger charge is -2.24. The number of hydrogen-bond acceptors (Lipinski definition) is 5. The minimum Gasteiger partial charge on any atom is -0.433 e. The van der Waals surface area contributed by atoms with E-state index in [9.17, 15) is 4.79 Å². The maximum atomic E-state index is 11.2. The number of rotatable bonds is 8. The van der Waals surface area contributed by atoms with Crippen molar-refractivity contribution < 1.29 is 19.0 Å². The standard InChI is InChI=1S/C17H23NO4/c1-3-15(19)22-16(4-2)20-12-10-18-11-13-21-17(18)14-8-6-5-7-9-14/h3,5-9,16-17H,1,4,10-13H2,2H3. The van der Waals surface area contributed by atoms with Crippen LogP contribution in [0.15, 0.2) is 43.0 Å². The maximum Gasteiger partial charge on any atom is 0.332 e. The van der Waals surface area contributed by atoms with Gasteiger partial charge in [0.25, 0.3) is 0 Å². The molecule has 1 fully saturated rings. The highest BCUT2D eigenvalue weighted by molar-refractivity contribution is 5.81. The SMILES string of the molecule is C=CC(=O)OC(CC)OCCN1CCOC1c1ccccc1. The normalized spacial score (nSPS) is 19.8. The number of carbonyl (C=O) groups is 1. The van der Waals surface area contributed by atoms with Gasteiger partial charge in [-0.25, -0.2) is 4.79 Å². The highest BCUT2D eigenvalue weighted by Crippen LogP contribution is 2.26. The summed E-state index contributed by atoms with van der Waals surface area (Å²) in [6, 6.07) is 10.1. The number of carbonyl (C=O) groups excluding carboxylic acids is 1. The fourth-order valence-electron chi connectivity index (χ4n) is 2.37. The predicted octanol–water partition coefficient (Wildman–Crippen LogP) is 2.50. The molecule has 0 aromatic heterocycles. The van der Waals surface area contributed by atoms with Gasteiger partial charge in [-0.05, 0) is 5.56 Å². The molecule has 0 saturated carbocycles. The molecule has 120 valence electrons. The fourth-order valence-corrected chi connectivity index (χ4v) is 2.37. The second kappa shape index (κ2) is 8.68. The van der Waals surface area contributed by atoms with Crippen LogP contribution in [0.2, 0.25) is 0 Å². The van der Waals surface area contributed by atoms with Gasteiger partial charge in [0.05, 0.1) is 13.2 Å². The van der Waals surface area contributed by atoms with E-state index in [0.29, 0.717) is 19.6 Å². The van der Waals surface area contributed by atoms with Crippen LogP contribution in [0.3, 0.4) is 0 Å². The average molecular weight is 305 g/mol. The lowest BCUT2D eigenvalue weighted by atomic mass is 10.2. The van der Waals surface area contributed by atoms with Gasteiger partial charge < -0.3 is 14.2 Å². The van der Waals surface area contributed by atoms with Gasteiger partial charge in [-0.3, -0.25) is 4.90 Å². The Morgan fingerprint density at radius 1 is 1.50 bits per heavy atom. The summed E-state index contributed by atoms with van der Waals surface area (Å²) < 4.78 is 16.5. The Hall–Kier alpha value is -1.69. The topological polar surface area (TPSA) is 48.0 Å². The lowest BCUT2D eigenvalue weighted by molar-refractivity contribution is -0.174. The monoisotopic (exact) mass is 305 g/mol. The molecule has 5 nitrogen and oxygen atoms in total. The minimum atomic E-state index is -0.524. The number of nitrogens with zero attached hydrogens (tertiary/aromatic N) is 1. The molecule has 0 spiro atoms. The van der Waals surface area contributed by atoms with Crippen LogP contribution in [0.5, 0.6) is 0 Å². The summed E-state index contributed by atoms with van der Waals surface area (Å²) in [6.07, 6.45) is 1.20. The summed E-state index contributed by atoms with van der Waals surface area (Å²) in [7, 11) is 0. The summed E-state index contributed by atoms with van der Waals surface area (Å²) in [5.41, 5.74) is 1.14. The van der Waals surface area contributed by atoms with Gasteiger partial charge in [0, 0.05) is 25.6 Å². The van der Waals surface area contributed by atoms with E-state index in [1.54, 1.807) is 0 Å². The first kappa shape index (κ1) is 16.7. The van der Waals surface area contributed by atoms with E-state index in [4.69, 9.17) is 14.2 Å². The summed E-state index contributed by atoms with van der Waals surface area (Å²) in [5.74, 6) is -0.460. The molecule has 0 aliphatic carbocycles. The van der Waals surface area contributed by atoms with Crippen molar-refractivity contribution in [2.45, 2.75) is 25.9 Å². The van der Waals surface area contributed by atoms with Crippen LogP contribution < -0.4 is 0 Å². The second-order valence-electron chi connectivity index (χ2n) is 5.02. The molecule has 0 bridgehead atoms. The number of benzene rings is 1. The Labute approximate surface area is 131 Å². The number of hydrogen-bond donors (Lipinski definition) is 0. The van der Waals surface area contributed by atoms with Crippen molar-refractivity contribution in [3.05, 3.63) is 48.6 Å². The van der Waals surface area contributed by atoms with Gasteiger partial charge in [0.1, 0.15) is 6.23 Å². The molecule has 2 unspecified atom stereocenters. The van der Waals surface area contributed by atoms with Crippen LogP contribution in [0.4, 0.5) is 0 Å². The van der Waals surface area contributed by atoms with Crippen molar-refractivity contribution in [2.75, 3.05) is 26.3 Å². The highest BCUT2D eigenvalue weighted by atomic mass is 16.7. The summed E-state index contributed by atoms with van der Waals surface area (Å²) >= 11 is 0. The van der Waals surface area contributed by atoms with Crippen LogP contribution in [0.1, 0.15) is 25.1 Å². The van der Waals surface area contributed by atoms with E-state index in [1.807, 2.05) is 25.1 Å². The third kappa shape index (κ3) is 4.66. The first-order chi connectivity index (χ1) is 10.7. The molecule has 22 heavy (non-hydrogen) atoms. The molecule has 0 radical (unpaired) electrons. The first-order valence-corrected chi connectivity index (χ1v) is 7.59. The van der Waals surface area contributed by atoms with E-state index in [2.05, 4.69) is 23.6 Å². The summed E-state index contributed by atoms with van der Waals surface area (Å²) in [5, 5.41) is 0. The number of ether oxygens (including phenoxy) is 3. The second-order valence-corrected chi connectivity index (χ2v) is 5.02. The van der Waals surface area contributed by atoms with Gasteiger partial charge >= 0.3 is 5.97 Å². The Morgan fingerprint density at radius 2 is 2.27 bits per heavy atom. The largest absolute Gasteiger partial charge is 0.433 e. The molecule has 1 aliphatic heterocycles. The molecule has 0 N–H and O–H groups in total.